The van der Waals surface area contributed by atoms with E-state index in [1.165, 1.54) is 0 Å². The monoisotopic (exact) mass is 146 g/mol. The van der Waals surface area contributed by atoms with E-state index >= 15 is 0 Å². The number of ether oxygens (including phenoxy) is 1. The molecule has 0 aromatic rings. The third-order valence-electron chi connectivity index (χ3n) is 1.62. The molecule has 10 heavy (non-hydrogen) atoms. The lowest BCUT2D eigenvalue weighted by molar-refractivity contribution is -0.147. The van der Waals surface area contributed by atoms with Crippen molar-refractivity contribution in [1.82, 2.24) is 0 Å². The summed E-state index contributed by atoms with van der Waals surface area (Å²) >= 11 is 0. The number of carbonyl (C=O) groups is 1. The summed E-state index contributed by atoms with van der Waals surface area (Å²) in [6.45, 7) is 1.78. The van der Waals surface area contributed by atoms with Crippen molar-refractivity contribution in [3.8, 4) is 0 Å². The van der Waals surface area contributed by atoms with Crippen molar-refractivity contribution >= 4 is 5.97 Å². The highest BCUT2D eigenvalue weighted by Gasteiger charge is 2.41. The van der Waals surface area contributed by atoms with Gasteiger partial charge in [0.25, 0.3) is 0 Å². The molecule has 0 aromatic carbocycles. The molecule has 1 fully saturated rings. The van der Waals surface area contributed by atoms with Crippen molar-refractivity contribution < 1.29 is 19.7 Å². The summed E-state index contributed by atoms with van der Waals surface area (Å²) in [4.78, 5) is 10.5. The Morgan fingerprint density at radius 1 is 1.60 bits per heavy atom. The van der Waals surface area contributed by atoms with Gasteiger partial charge >= 0.3 is 5.97 Å². The maximum Gasteiger partial charge on any atom is 0.338 e. The molecular formula is C6H10O4. The number of cyclic esters (lactones) is 1. The maximum absolute atomic E-state index is 10.5. The summed E-state index contributed by atoms with van der Waals surface area (Å²) < 4.78 is 4.60. The van der Waals surface area contributed by atoms with Crippen LogP contribution in [0.4, 0.5) is 0 Å². The van der Waals surface area contributed by atoms with Crippen molar-refractivity contribution in [3.63, 3.8) is 0 Å². The number of hydrogen-bond donors (Lipinski definition) is 2. The van der Waals surface area contributed by atoms with Gasteiger partial charge in [0, 0.05) is 0 Å². The second-order valence-corrected chi connectivity index (χ2v) is 2.32. The van der Waals surface area contributed by atoms with Gasteiger partial charge in [-0.2, -0.15) is 0 Å². The standard InChI is InChI=1S/C6H10O4/c1-2-3-4(7)5(8)6(9)10-3/h3-5,7-8H,2H2,1H3/t3-,4-,5-/m1/s1. The highest BCUT2D eigenvalue weighted by Crippen LogP contribution is 2.17. The number of rotatable bonds is 1. The molecule has 0 spiro atoms. The van der Waals surface area contributed by atoms with E-state index < -0.39 is 24.3 Å². The zero-order valence-electron chi connectivity index (χ0n) is 5.65. The molecule has 58 valence electrons. The van der Waals surface area contributed by atoms with Crippen molar-refractivity contribution in [2.75, 3.05) is 0 Å². The lowest BCUT2D eigenvalue weighted by Gasteiger charge is -2.09. The van der Waals surface area contributed by atoms with Crippen LogP contribution in [-0.2, 0) is 9.53 Å². The SMILES string of the molecule is CC[C@H]1OC(=O)[C@H](O)[C@@H]1O. The van der Waals surface area contributed by atoms with Crippen molar-refractivity contribution in [3.05, 3.63) is 0 Å². The van der Waals surface area contributed by atoms with Gasteiger partial charge in [0.05, 0.1) is 0 Å². The van der Waals surface area contributed by atoms with E-state index in [9.17, 15) is 4.79 Å². The Morgan fingerprint density at radius 3 is 2.40 bits per heavy atom. The Balaban J connectivity index is 2.61. The highest BCUT2D eigenvalue weighted by atomic mass is 16.6. The van der Waals surface area contributed by atoms with E-state index in [0.717, 1.165) is 0 Å². The molecule has 0 radical (unpaired) electrons. The average Bonchev–Trinajstić information content (AvgIpc) is 2.17. The number of aliphatic hydroxyl groups excluding tert-OH is 2. The predicted octanol–water partition coefficient (Wildman–Crippen LogP) is -0.956. The molecule has 0 aromatic heterocycles. The van der Waals surface area contributed by atoms with E-state index in [2.05, 4.69) is 4.74 Å². The predicted molar refractivity (Wildman–Crippen MR) is 32.2 cm³/mol. The van der Waals surface area contributed by atoms with Crippen LogP contribution in [0, 0.1) is 0 Å². The molecule has 0 amide bonds. The Morgan fingerprint density at radius 2 is 2.20 bits per heavy atom. The minimum absolute atomic E-state index is 0.525. The molecule has 0 unspecified atom stereocenters. The molecule has 0 saturated carbocycles. The normalized spacial score (nSPS) is 39.9. The summed E-state index contributed by atoms with van der Waals surface area (Å²) in [5, 5.41) is 17.9. The minimum Gasteiger partial charge on any atom is -0.458 e. The van der Waals surface area contributed by atoms with Gasteiger partial charge in [-0.15, -0.1) is 0 Å². The van der Waals surface area contributed by atoms with Crippen LogP contribution in [0.15, 0.2) is 0 Å². The van der Waals surface area contributed by atoms with Gasteiger partial charge in [0.2, 0.25) is 0 Å². The largest absolute Gasteiger partial charge is 0.458 e. The zero-order valence-corrected chi connectivity index (χ0v) is 5.65. The van der Waals surface area contributed by atoms with Crippen LogP contribution in [0.25, 0.3) is 0 Å². The fourth-order valence-electron chi connectivity index (χ4n) is 0.956. The Bertz CT molecular complexity index is 145. The molecule has 0 bridgehead atoms. The van der Waals surface area contributed by atoms with Crippen LogP contribution in [-0.4, -0.2) is 34.5 Å². The van der Waals surface area contributed by atoms with E-state index in [1.807, 2.05) is 0 Å². The van der Waals surface area contributed by atoms with Crippen LogP contribution < -0.4 is 0 Å². The van der Waals surface area contributed by atoms with E-state index in [-0.39, 0.29) is 0 Å². The number of hydrogen-bond acceptors (Lipinski definition) is 4. The molecule has 1 aliphatic heterocycles. The van der Waals surface area contributed by atoms with Crippen molar-refractivity contribution in [2.45, 2.75) is 31.7 Å². The first-order valence-electron chi connectivity index (χ1n) is 3.23. The van der Waals surface area contributed by atoms with Gasteiger partial charge in [0.15, 0.2) is 6.10 Å². The average molecular weight is 146 g/mol. The maximum atomic E-state index is 10.5. The van der Waals surface area contributed by atoms with Crippen LogP contribution in [0.2, 0.25) is 0 Å². The van der Waals surface area contributed by atoms with E-state index in [4.69, 9.17) is 10.2 Å². The number of esters is 1. The summed E-state index contributed by atoms with van der Waals surface area (Å²) in [6.07, 6.45) is -2.38. The molecule has 0 aliphatic carbocycles. The van der Waals surface area contributed by atoms with Gasteiger partial charge < -0.3 is 14.9 Å². The molecule has 2 N–H and O–H groups in total. The molecular weight excluding hydrogens is 136 g/mol. The molecule has 1 rings (SSSR count). The second kappa shape index (κ2) is 2.56. The van der Waals surface area contributed by atoms with E-state index in [0.29, 0.717) is 6.42 Å². The first kappa shape index (κ1) is 7.50. The van der Waals surface area contributed by atoms with Crippen LogP contribution in [0.1, 0.15) is 13.3 Å². The minimum atomic E-state index is -1.34. The smallest absolute Gasteiger partial charge is 0.338 e. The molecule has 3 atom stereocenters. The van der Waals surface area contributed by atoms with Crippen molar-refractivity contribution in [2.24, 2.45) is 0 Å². The lowest BCUT2D eigenvalue weighted by Crippen LogP contribution is -2.30. The van der Waals surface area contributed by atoms with Gasteiger partial charge in [-0.25, -0.2) is 4.79 Å². The summed E-state index contributed by atoms with van der Waals surface area (Å²) in [5.41, 5.74) is 0. The van der Waals surface area contributed by atoms with Gasteiger partial charge in [-0.1, -0.05) is 6.92 Å². The first-order valence-corrected chi connectivity index (χ1v) is 3.23. The Labute approximate surface area is 58.4 Å². The first-order chi connectivity index (χ1) is 4.66. The summed E-state index contributed by atoms with van der Waals surface area (Å²) in [6, 6.07) is 0. The van der Waals surface area contributed by atoms with Gasteiger partial charge in [-0.05, 0) is 6.42 Å². The summed E-state index contributed by atoms with van der Waals surface area (Å²) in [5.74, 6) is -0.723. The van der Waals surface area contributed by atoms with Crippen LogP contribution >= 0.6 is 0 Å². The fourth-order valence-corrected chi connectivity index (χ4v) is 0.956. The molecule has 4 nitrogen and oxygen atoms in total. The fraction of sp³-hybridized carbons (Fsp3) is 0.833. The second-order valence-electron chi connectivity index (χ2n) is 2.32. The zero-order chi connectivity index (χ0) is 7.72. The Kier molecular flexibility index (Phi) is 1.92. The molecule has 1 heterocycles. The van der Waals surface area contributed by atoms with E-state index in [1.54, 1.807) is 6.92 Å². The van der Waals surface area contributed by atoms with Gasteiger partial charge in [-0.3, -0.25) is 0 Å². The van der Waals surface area contributed by atoms with Crippen LogP contribution in [0.5, 0.6) is 0 Å². The highest BCUT2D eigenvalue weighted by molar-refractivity contribution is 5.77. The van der Waals surface area contributed by atoms with Crippen molar-refractivity contribution in [1.29, 1.82) is 0 Å². The third kappa shape index (κ3) is 0.998. The Hall–Kier alpha value is -0.610. The molecule has 1 aliphatic rings. The van der Waals surface area contributed by atoms with Crippen LogP contribution in [0.3, 0.4) is 0 Å². The molecule has 1 saturated heterocycles. The topological polar surface area (TPSA) is 66.8 Å². The van der Waals surface area contributed by atoms with Gasteiger partial charge in [0.1, 0.15) is 12.2 Å². The third-order valence-corrected chi connectivity index (χ3v) is 1.62. The quantitative estimate of drug-likeness (QED) is 0.468. The number of aliphatic hydroxyl groups is 2. The number of carbonyl (C=O) groups excluding carboxylic acids is 1. The summed E-state index contributed by atoms with van der Waals surface area (Å²) in [7, 11) is 0. The molecule has 4 heteroatoms. The lowest BCUT2D eigenvalue weighted by atomic mass is 10.1.